The SMILES string of the molecule is COc1ccc2c(C(=O)N3CCCCC3)c[nH]c2c1. The summed E-state index contributed by atoms with van der Waals surface area (Å²) in [5.41, 5.74) is 1.71. The summed E-state index contributed by atoms with van der Waals surface area (Å²) in [6.07, 6.45) is 5.26. The second kappa shape index (κ2) is 4.96. The van der Waals surface area contributed by atoms with Crippen LogP contribution in [0.5, 0.6) is 5.75 Å². The fourth-order valence-corrected chi connectivity index (χ4v) is 2.68. The van der Waals surface area contributed by atoms with Crippen molar-refractivity contribution in [2.24, 2.45) is 0 Å². The molecule has 4 nitrogen and oxygen atoms in total. The third-order valence-electron chi connectivity index (χ3n) is 3.76. The van der Waals surface area contributed by atoms with Crippen molar-refractivity contribution < 1.29 is 9.53 Å². The fourth-order valence-electron chi connectivity index (χ4n) is 2.68. The Morgan fingerprint density at radius 2 is 2.05 bits per heavy atom. The van der Waals surface area contributed by atoms with Crippen LogP contribution in [0.25, 0.3) is 10.9 Å². The molecule has 19 heavy (non-hydrogen) atoms. The molecule has 0 atom stereocenters. The number of fused-ring (bicyclic) bond motifs is 1. The highest BCUT2D eigenvalue weighted by atomic mass is 16.5. The van der Waals surface area contributed by atoms with Crippen LogP contribution in [0.4, 0.5) is 0 Å². The zero-order chi connectivity index (χ0) is 13.2. The first-order valence-electron chi connectivity index (χ1n) is 6.74. The molecule has 100 valence electrons. The number of carbonyl (C=O) groups is 1. The molecule has 1 saturated heterocycles. The monoisotopic (exact) mass is 258 g/mol. The molecule has 0 saturated carbocycles. The van der Waals surface area contributed by atoms with E-state index in [1.165, 1.54) is 6.42 Å². The molecule has 0 spiro atoms. The number of carbonyl (C=O) groups excluding carboxylic acids is 1. The number of ether oxygens (including phenoxy) is 1. The summed E-state index contributed by atoms with van der Waals surface area (Å²) >= 11 is 0. The van der Waals surface area contributed by atoms with Gasteiger partial charge < -0.3 is 14.6 Å². The second-order valence-corrected chi connectivity index (χ2v) is 4.97. The molecule has 1 N–H and O–H groups in total. The lowest BCUT2D eigenvalue weighted by atomic mass is 10.1. The number of aromatic amines is 1. The van der Waals surface area contributed by atoms with Crippen LogP contribution < -0.4 is 4.74 Å². The minimum atomic E-state index is 0.135. The second-order valence-electron chi connectivity index (χ2n) is 4.97. The average molecular weight is 258 g/mol. The van der Waals surface area contributed by atoms with E-state index < -0.39 is 0 Å². The summed E-state index contributed by atoms with van der Waals surface area (Å²) in [5.74, 6) is 0.933. The van der Waals surface area contributed by atoms with Crippen LogP contribution in [-0.4, -0.2) is 36.0 Å². The van der Waals surface area contributed by atoms with E-state index >= 15 is 0 Å². The van der Waals surface area contributed by atoms with E-state index in [-0.39, 0.29) is 5.91 Å². The molecule has 3 rings (SSSR count). The Hall–Kier alpha value is -1.97. The molecule has 0 radical (unpaired) electrons. The van der Waals surface area contributed by atoms with Crippen molar-refractivity contribution >= 4 is 16.8 Å². The standard InChI is InChI=1S/C15H18N2O2/c1-19-11-5-6-12-13(10-16-14(12)9-11)15(18)17-7-3-2-4-8-17/h5-6,9-10,16H,2-4,7-8H2,1H3. The highest BCUT2D eigenvalue weighted by Gasteiger charge is 2.20. The van der Waals surface area contributed by atoms with E-state index in [1.54, 1.807) is 13.3 Å². The number of aromatic nitrogens is 1. The minimum absolute atomic E-state index is 0.135. The number of hydrogen-bond acceptors (Lipinski definition) is 2. The van der Waals surface area contributed by atoms with Gasteiger partial charge in [0.2, 0.25) is 0 Å². The third kappa shape index (κ3) is 2.18. The van der Waals surface area contributed by atoms with E-state index in [0.29, 0.717) is 0 Å². The van der Waals surface area contributed by atoms with Gasteiger partial charge in [-0.2, -0.15) is 0 Å². The number of hydrogen-bond donors (Lipinski definition) is 1. The Morgan fingerprint density at radius 3 is 2.79 bits per heavy atom. The zero-order valence-electron chi connectivity index (χ0n) is 11.1. The molecule has 2 heterocycles. The van der Waals surface area contributed by atoms with E-state index in [0.717, 1.165) is 48.1 Å². The van der Waals surface area contributed by atoms with Gasteiger partial charge in [-0.1, -0.05) is 0 Å². The fraction of sp³-hybridized carbons (Fsp3) is 0.400. The first-order valence-corrected chi connectivity index (χ1v) is 6.74. The van der Waals surface area contributed by atoms with E-state index in [4.69, 9.17) is 4.74 Å². The predicted molar refractivity (Wildman–Crippen MR) is 74.6 cm³/mol. The Morgan fingerprint density at radius 1 is 1.26 bits per heavy atom. The number of amides is 1. The Kier molecular flexibility index (Phi) is 3.15. The van der Waals surface area contributed by atoms with Crippen molar-refractivity contribution in [3.8, 4) is 5.75 Å². The van der Waals surface area contributed by atoms with Gasteiger partial charge >= 0.3 is 0 Å². The summed E-state index contributed by atoms with van der Waals surface area (Å²) in [7, 11) is 1.64. The van der Waals surface area contributed by atoms with Gasteiger partial charge in [0.15, 0.2) is 0 Å². The number of methoxy groups -OCH3 is 1. The first kappa shape index (κ1) is 12.1. The molecule has 0 bridgehead atoms. The highest BCUT2D eigenvalue weighted by Crippen LogP contribution is 2.25. The number of piperidine rings is 1. The number of nitrogens with zero attached hydrogens (tertiary/aromatic N) is 1. The average Bonchev–Trinajstić information content (AvgIpc) is 2.90. The Labute approximate surface area is 112 Å². The minimum Gasteiger partial charge on any atom is -0.497 e. The molecule has 1 aromatic carbocycles. The summed E-state index contributed by atoms with van der Waals surface area (Å²) in [6, 6.07) is 5.76. The van der Waals surface area contributed by atoms with Gasteiger partial charge in [0.25, 0.3) is 5.91 Å². The predicted octanol–water partition coefficient (Wildman–Crippen LogP) is 2.80. The first-order chi connectivity index (χ1) is 9.29. The molecule has 1 fully saturated rings. The summed E-state index contributed by atoms with van der Waals surface area (Å²) in [4.78, 5) is 17.6. The van der Waals surface area contributed by atoms with Gasteiger partial charge in [-0.3, -0.25) is 4.79 Å². The molecule has 1 aromatic heterocycles. The van der Waals surface area contributed by atoms with Crippen LogP contribution in [0.15, 0.2) is 24.4 Å². The van der Waals surface area contributed by atoms with Crippen LogP contribution in [0, 0.1) is 0 Å². The number of rotatable bonds is 2. The van der Waals surface area contributed by atoms with Gasteiger partial charge in [-0.15, -0.1) is 0 Å². The lowest BCUT2D eigenvalue weighted by Gasteiger charge is -2.26. The molecule has 0 unspecified atom stereocenters. The normalized spacial score (nSPS) is 15.7. The van der Waals surface area contributed by atoms with Crippen molar-refractivity contribution in [1.29, 1.82) is 0 Å². The van der Waals surface area contributed by atoms with Crippen LogP contribution in [0.1, 0.15) is 29.6 Å². The van der Waals surface area contributed by atoms with Crippen molar-refractivity contribution in [3.05, 3.63) is 30.0 Å². The molecule has 1 amide bonds. The van der Waals surface area contributed by atoms with Crippen LogP contribution in [0.2, 0.25) is 0 Å². The van der Waals surface area contributed by atoms with Gasteiger partial charge in [0.05, 0.1) is 12.7 Å². The van der Waals surface area contributed by atoms with Crippen molar-refractivity contribution in [2.75, 3.05) is 20.2 Å². The van der Waals surface area contributed by atoms with E-state index in [1.807, 2.05) is 23.1 Å². The van der Waals surface area contributed by atoms with Gasteiger partial charge in [0, 0.05) is 36.3 Å². The van der Waals surface area contributed by atoms with E-state index in [9.17, 15) is 4.79 Å². The van der Waals surface area contributed by atoms with Crippen LogP contribution >= 0.6 is 0 Å². The molecule has 1 aliphatic heterocycles. The smallest absolute Gasteiger partial charge is 0.256 e. The Bertz CT molecular complexity index is 597. The molecule has 2 aromatic rings. The van der Waals surface area contributed by atoms with E-state index in [2.05, 4.69) is 4.98 Å². The highest BCUT2D eigenvalue weighted by molar-refractivity contribution is 6.06. The topological polar surface area (TPSA) is 45.3 Å². The molecular formula is C15H18N2O2. The number of H-pyrrole nitrogens is 1. The van der Waals surface area contributed by atoms with Crippen molar-refractivity contribution in [3.63, 3.8) is 0 Å². The van der Waals surface area contributed by atoms with Crippen LogP contribution in [0.3, 0.4) is 0 Å². The third-order valence-corrected chi connectivity index (χ3v) is 3.76. The Balaban J connectivity index is 1.93. The maximum atomic E-state index is 12.5. The van der Waals surface area contributed by atoms with Gasteiger partial charge in [-0.05, 0) is 31.4 Å². The number of benzene rings is 1. The van der Waals surface area contributed by atoms with Gasteiger partial charge in [0.1, 0.15) is 5.75 Å². The molecule has 0 aliphatic carbocycles. The zero-order valence-corrected chi connectivity index (χ0v) is 11.1. The summed E-state index contributed by atoms with van der Waals surface area (Å²) in [6.45, 7) is 1.75. The molecule has 4 heteroatoms. The number of nitrogens with one attached hydrogen (secondary N) is 1. The lowest BCUT2D eigenvalue weighted by molar-refractivity contribution is 0.0726. The van der Waals surface area contributed by atoms with Crippen LogP contribution in [-0.2, 0) is 0 Å². The molecule has 1 aliphatic rings. The molecular weight excluding hydrogens is 240 g/mol. The summed E-state index contributed by atoms with van der Waals surface area (Å²) < 4.78 is 5.19. The lowest BCUT2D eigenvalue weighted by Crippen LogP contribution is -2.35. The van der Waals surface area contributed by atoms with Crippen molar-refractivity contribution in [1.82, 2.24) is 9.88 Å². The van der Waals surface area contributed by atoms with Crippen molar-refractivity contribution in [2.45, 2.75) is 19.3 Å². The number of likely N-dealkylation sites (tertiary alicyclic amines) is 1. The summed E-state index contributed by atoms with van der Waals surface area (Å²) in [5, 5.41) is 0.969. The maximum Gasteiger partial charge on any atom is 0.256 e. The maximum absolute atomic E-state index is 12.5. The largest absolute Gasteiger partial charge is 0.497 e. The quantitative estimate of drug-likeness (QED) is 0.900. The van der Waals surface area contributed by atoms with Gasteiger partial charge in [-0.25, -0.2) is 0 Å².